The second-order valence-electron chi connectivity index (χ2n) is 18.1. The van der Waals surface area contributed by atoms with E-state index < -0.39 is 47.8 Å². The number of unbranched alkanes of at least 4 members (excludes halogenated alkanes) is 12. The predicted octanol–water partition coefficient (Wildman–Crippen LogP) is 10.4. The number of rotatable bonds is 25. The molecule has 0 aliphatic carbocycles. The number of carbonyl (C=O) groups is 4. The Bertz CT molecular complexity index is 2360. The molecule has 2 N–H and O–H groups in total. The predicted molar refractivity (Wildman–Crippen MR) is 253 cm³/mol. The smallest absolute Gasteiger partial charge is 0.338 e. The lowest BCUT2D eigenvalue weighted by atomic mass is 9.78. The summed E-state index contributed by atoms with van der Waals surface area (Å²) in [7, 11) is 0. The highest BCUT2D eigenvalue weighted by Gasteiger charge is 2.49. The summed E-state index contributed by atoms with van der Waals surface area (Å²) in [5, 5.41) is 13.9. The molecule has 1 aliphatic rings. The molecule has 1 fully saturated rings. The Morgan fingerprint density at radius 3 is 2.27 bits per heavy atom. The zero-order chi connectivity index (χ0) is 47.9. The van der Waals surface area contributed by atoms with Crippen molar-refractivity contribution in [3.8, 4) is 18.1 Å². The van der Waals surface area contributed by atoms with Gasteiger partial charge in [0.05, 0.1) is 11.9 Å². The van der Waals surface area contributed by atoms with Crippen LogP contribution >= 0.6 is 11.6 Å². The minimum atomic E-state index is -1.75. The van der Waals surface area contributed by atoms with E-state index in [0.717, 1.165) is 30.4 Å². The molecule has 1 amide bonds. The highest BCUT2D eigenvalue weighted by atomic mass is 35.5. The van der Waals surface area contributed by atoms with Gasteiger partial charge >= 0.3 is 17.9 Å². The number of hydrogen-bond donors (Lipinski definition) is 2. The molecular weight excluding hydrogens is 862 g/mol. The van der Waals surface area contributed by atoms with Crippen LogP contribution in [0.3, 0.4) is 0 Å². The minimum absolute atomic E-state index is 0.0223. The number of nitrogens with one attached hydrogen (secondary N) is 1. The molecule has 66 heavy (non-hydrogen) atoms. The van der Waals surface area contributed by atoms with Crippen molar-refractivity contribution in [3.63, 3.8) is 0 Å². The number of benzene rings is 2. The first-order valence-electron chi connectivity index (χ1n) is 23.3. The van der Waals surface area contributed by atoms with Gasteiger partial charge in [0.25, 0.3) is 0 Å². The lowest BCUT2D eigenvalue weighted by Gasteiger charge is -2.29. The number of aryl methyl sites for hydroxylation is 2. The van der Waals surface area contributed by atoms with Crippen molar-refractivity contribution in [2.24, 2.45) is 0 Å². The maximum absolute atomic E-state index is 13.6. The van der Waals surface area contributed by atoms with Crippen molar-refractivity contribution in [2.45, 2.75) is 174 Å². The number of imidazole rings is 1. The van der Waals surface area contributed by atoms with Crippen LogP contribution in [0.2, 0.25) is 5.28 Å². The summed E-state index contributed by atoms with van der Waals surface area (Å²) < 4.78 is 24.5. The van der Waals surface area contributed by atoms with Gasteiger partial charge in [-0.05, 0) is 55.1 Å². The van der Waals surface area contributed by atoms with E-state index in [9.17, 15) is 24.3 Å². The van der Waals surface area contributed by atoms with Crippen LogP contribution in [-0.2, 0) is 40.6 Å². The molecule has 356 valence electrons. The molecule has 0 saturated carbocycles. The molecule has 2 aromatic heterocycles. The first kappa shape index (κ1) is 51.6. The van der Waals surface area contributed by atoms with Gasteiger partial charge in [0, 0.05) is 42.7 Å². The molecule has 5 rings (SSSR count). The number of carbonyl (C=O) groups excluding carboxylic acids is 4. The Labute approximate surface area is 393 Å². The van der Waals surface area contributed by atoms with Crippen molar-refractivity contribution in [1.82, 2.24) is 19.5 Å². The average molecular weight is 929 g/mol. The van der Waals surface area contributed by atoms with Crippen LogP contribution in [0.15, 0.2) is 42.7 Å². The average Bonchev–Trinajstić information content (AvgIpc) is 3.83. The van der Waals surface area contributed by atoms with E-state index in [0.29, 0.717) is 23.3 Å². The van der Waals surface area contributed by atoms with Gasteiger partial charge in [-0.3, -0.25) is 19.0 Å². The number of hydrogen-bond acceptors (Lipinski definition) is 12. The number of anilines is 1. The zero-order valence-electron chi connectivity index (χ0n) is 39.4. The third kappa shape index (κ3) is 14.1. The number of amides is 1. The van der Waals surface area contributed by atoms with E-state index in [1.54, 1.807) is 30.3 Å². The molecule has 3 atom stereocenters. The summed E-state index contributed by atoms with van der Waals surface area (Å²) in [6, 6.07) is 10.4. The molecule has 15 heteroatoms. The second kappa shape index (κ2) is 24.4. The molecule has 14 nitrogen and oxygen atoms in total. The van der Waals surface area contributed by atoms with Crippen LogP contribution in [0.25, 0.3) is 11.2 Å². The molecule has 0 bridgehead atoms. The second-order valence-corrected chi connectivity index (χ2v) is 18.4. The van der Waals surface area contributed by atoms with Gasteiger partial charge in [-0.2, -0.15) is 9.97 Å². The molecule has 1 aliphatic heterocycles. The monoisotopic (exact) mass is 927 g/mol. The Morgan fingerprint density at radius 2 is 1.62 bits per heavy atom. The molecule has 0 spiro atoms. The van der Waals surface area contributed by atoms with Crippen molar-refractivity contribution in [2.75, 3.05) is 11.9 Å². The fraction of sp³-hybridized carbons (Fsp3) is 0.549. The zero-order valence-corrected chi connectivity index (χ0v) is 40.1. The number of fused-ring (bicyclic) bond motifs is 1. The maximum Gasteiger partial charge on any atom is 0.338 e. The van der Waals surface area contributed by atoms with Gasteiger partial charge in [-0.25, -0.2) is 9.78 Å². The molecule has 4 aromatic rings. The summed E-state index contributed by atoms with van der Waals surface area (Å²) in [6.07, 6.45) is 21.2. The number of aliphatic hydroxyl groups is 1. The fourth-order valence-corrected chi connectivity index (χ4v) is 8.89. The number of nitrogens with zero attached hydrogens (tertiary/aromatic N) is 4. The first-order chi connectivity index (χ1) is 31.6. The van der Waals surface area contributed by atoms with Gasteiger partial charge in [0.2, 0.25) is 11.2 Å². The summed E-state index contributed by atoms with van der Waals surface area (Å²) in [5.74, 6) is 0.975. The third-order valence-electron chi connectivity index (χ3n) is 12.0. The summed E-state index contributed by atoms with van der Waals surface area (Å²) in [6.45, 7) is 10.5. The molecule has 3 heterocycles. The molecule has 2 aromatic carbocycles. The van der Waals surface area contributed by atoms with E-state index >= 15 is 0 Å². The number of ether oxygens (including phenoxy) is 4. The number of terminal acetylenes is 1. The van der Waals surface area contributed by atoms with Crippen LogP contribution in [-0.4, -0.2) is 66.8 Å². The standard InChI is InChI=1S/C51H66ClN5O9/c1-8-10-11-12-13-14-15-16-17-18-19-20-21-26-43(61)63-31-37-24-22-23-25-38(37)48(62)64-32-51(9-2)40(59)29-42(66-51)57-33-53-45-46(55-49(52)56-47(45)57)54-41(60)30-50(6,7)44-35(4)27-34(3)28-39(44)65-36(5)58/h2,22-25,27-28,33,40,42,59H,8,10-21,26,29-32H2,1,3-7H3,(H,54,55,56,60)/t40-,42+,51+/m0/s1. The SMILES string of the molecule is C#C[C@]1(COC(=O)c2ccccc2COC(=O)CCCCCCCCCCCCCCC)O[C@@H](n2cnc3c(NC(=O)CC(C)(C)c4c(C)cc(C)cc4OC(C)=O)nc(Cl)nc32)C[C@@H]1O. The van der Waals surface area contributed by atoms with E-state index in [-0.39, 0.29) is 53.2 Å². The van der Waals surface area contributed by atoms with Crippen LogP contribution in [0.4, 0.5) is 5.82 Å². The highest BCUT2D eigenvalue weighted by Crippen LogP contribution is 2.40. The van der Waals surface area contributed by atoms with Crippen molar-refractivity contribution >= 4 is 52.4 Å². The number of esters is 3. The van der Waals surface area contributed by atoms with Gasteiger partial charge < -0.3 is 29.4 Å². The Balaban J connectivity index is 1.14. The quantitative estimate of drug-likeness (QED) is 0.0211. The van der Waals surface area contributed by atoms with E-state index in [2.05, 4.69) is 33.1 Å². The Hall–Kier alpha value is -5.36. The number of aliphatic hydroxyl groups excluding tert-OH is 1. The normalized spacial score (nSPS) is 17.1. The van der Waals surface area contributed by atoms with Crippen LogP contribution in [0.5, 0.6) is 5.75 Å². The van der Waals surface area contributed by atoms with Gasteiger partial charge in [0.15, 0.2) is 22.6 Å². The topological polar surface area (TPSA) is 181 Å². The van der Waals surface area contributed by atoms with Gasteiger partial charge in [-0.15, -0.1) is 6.42 Å². The van der Waals surface area contributed by atoms with Gasteiger partial charge in [0.1, 0.15) is 31.3 Å². The summed E-state index contributed by atoms with van der Waals surface area (Å²) in [5.41, 5.74) is 1.00. The van der Waals surface area contributed by atoms with Crippen molar-refractivity contribution in [1.29, 1.82) is 0 Å². The van der Waals surface area contributed by atoms with E-state index in [1.165, 1.54) is 82.0 Å². The van der Waals surface area contributed by atoms with Crippen molar-refractivity contribution in [3.05, 3.63) is 75.8 Å². The largest absolute Gasteiger partial charge is 0.461 e. The lowest BCUT2D eigenvalue weighted by molar-refractivity contribution is -0.145. The lowest BCUT2D eigenvalue weighted by Crippen LogP contribution is -2.43. The highest BCUT2D eigenvalue weighted by molar-refractivity contribution is 6.28. The van der Waals surface area contributed by atoms with Crippen molar-refractivity contribution < 1.29 is 43.2 Å². The number of aromatic nitrogens is 4. The van der Waals surface area contributed by atoms with Crippen LogP contribution < -0.4 is 10.1 Å². The molecule has 1 saturated heterocycles. The molecule has 0 radical (unpaired) electrons. The van der Waals surface area contributed by atoms with E-state index in [1.807, 2.05) is 33.8 Å². The summed E-state index contributed by atoms with van der Waals surface area (Å²) in [4.78, 5) is 64.7. The molecular formula is C51H66ClN5O9. The number of halogens is 1. The Morgan fingerprint density at radius 1 is 0.970 bits per heavy atom. The van der Waals surface area contributed by atoms with Crippen LogP contribution in [0, 0.1) is 26.2 Å². The fourth-order valence-electron chi connectivity index (χ4n) is 8.72. The van der Waals surface area contributed by atoms with Gasteiger partial charge in [-0.1, -0.05) is 128 Å². The Kier molecular flexibility index (Phi) is 19.1. The summed E-state index contributed by atoms with van der Waals surface area (Å²) >= 11 is 6.38. The van der Waals surface area contributed by atoms with Crippen LogP contribution in [0.1, 0.15) is 169 Å². The van der Waals surface area contributed by atoms with E-state index in [4.69, 9.17) is 37.0 Å². The minimum Gasteiger partial charge on any atom is -0.461 e. The maximum atomic E-state index is 13.6. The third-order valence-corrected chi connectivity index (χ3v) is 12.2. The molecule has 0 unspecified atom stereocenters. The first-order valence-corrected chi connectivity index (χ1v) is 23.7.